The molecule has 0 saturated carbocycles. The smallest absolute Gasteiger partial charge is 0.0594 e. The second-order valence-electron chi connectivity index (χ2n) is 4.92. The van der Waals surface area contributed by atoms with Gasteiger partial charge in [0.1, 0.15) is 0 Å². The van der Waals surface area contributed by atoms with E-state index in [1.54, 1.807) is 0 Å². The largest absolute Gasteiger partial charge is 0.390 e. The summed E-state index contributed by atoms with van der Waals surface area (Å²) in [7, 11) is 0. The Labute approximate surface area is 81.9 Å². The lowest BCUT2D eigenvalue weighted by Crippen LogP contribution is -2.38. The zero-order chi connectivity index (χ0) is 9.90. The van der Waals surface area contributed by atoms with Crippen LogP contribution in [0.3, 0.4) is 0 Å². The van der Waals surface area contributed by atoms with Gasteiger partial charge >= 0.3 is 0 Å². The number of nitrogens with zero attached hydrogens (tertiary/aromatic N) is 1. The normalized spacial score (nSPS) is 26.3. The zero-order valence-corrected chi connectivity index (χ0v) is 9.21. The first-order chi connectivity index (χ1) is 6.01. The maximum absolute atomic E-state index is 9.71. The predicted molar refractivity (Wildman–Crippen MR) is 55.8 cm³/mol. The van der Waals surface area contributed by atoms with E-state index in [-0.39, 0.29) is 0 Å². The maximum atomic E-state index is 9.71. The van der Waals surface area contributed by atoms with E-state index in [1.807, 2.05) is 13.8 Å². The third-order valence-electron chi connectivity index (χ3n) is 2.84. The van der Waals surface area contributed by atoms with Gasteiger partial charge in [0.05, 0.1) is 5.60 Å². The topological polar surface area (TPSA) is 23.5 Å². The van der Waals surface area contributed by atoms with Crippen LogP contribution < -0.4 is 0 Å². The first-order valence-electron chi connectivity index (χ1n) is 5.46. The second-order valence-corrected chi connectivity index (χ2v) is 4.92. The monoisotopic (exact) mass is 185 g/mol. The number of likely N-dealkylation sites (tertiary alicyclic amines) is 1. The fraction of sp³-hybridized carbons (Fsp3) is 1.00. The Morgan fingerprint density at radius 2 is 2.15 bits per heavy atom. The van der Waals surface area contributed by atoms with Gasteiger partial charge in [-0.15, -0.1) is 0 Å². The van der Waals surface area contributed by atoms with Crippen molar-refractivity contribution in [3.8, 4) is 0 Å². The van der Waals surface area contributed by atoms with Gasteiger partial charge in [-0.25, -0.2) is 0 Å². The van der Waals surface area contributed by atoms with Crippen molar-refractivity contribution >= 4 is 0 Å². The van der Waals surface area contributed by atoms with Gasteiger partial charge in [0.2, 0.25) is 0 Å². The second kappa shape index (κ2) is 4.43. The lowest BCUT2D eigenvalue weighted by atomic mass is 9.87. The summed E-state index contributed by atoms with van der Waals surface area (Å²) in [6.45, 7) is 9.63. The zero-order valence-electron chi connectivity index (χ0n) is 9.21. The van der Waals surface area contributed by atoms with Crippen LogP contribution >= 0.6 is 0 Å². The molecule has 1 saturated heterocycles. The minimum Gasteiger partial charge on any atom is -0.390 e. The van der Waals surface area contributed by atoms with Crippen molar-refractivity contribution in [1.29, 1.82) is 0 Å². The molecule has 2 nitrogen and oxygen atoms in total. The van der Waals surface area contributed by atoms with Gasteiger partial charge in [-0.1, -0.05) is 6.92 Å². The fourth-order valence-corrected chi connectivity index (χ4v) is 2.31. The van der Waals surface area contributed by atoms with Gasteiger partial charge in [-0.3, -0.25) is 0 Å². The molecule has 1 aliphatic heterocycles. The molecule has 1 rings (SSSR count). The highest BCUT2D eigenvalue weighted by atomic mass is 16.3. The average molecular weight is 185 g/mol. The average Bonchev–Trinajstić information content (AvgIpc) is 2.01. The van der Waals surface area contributed by atoms with Crippen molar-refractivity contribution in [2.75, 3.05) is 19.6 Å². The fourth-order valence-electron chi connectivity index (χ4n) is 2.31. The van der Waals surface area contributed by atoms with Crippen molar-refractivity contribution in [3.05, 3.63) is 0 Å². The number of piperidine rings is 1. The van der Waals surface area contributed by atoms with Crippen molar-refractivity contribution < 1.29 is 5.11 Å². The van der Waals surface area contributed by atoms with E-state index < -0.39 is 5.60 Å². The van der Waals surface area contributed by atoms with Crippen LogP contribution in [0.1, 0.15) is 40.0 Å². The third kappa shape index (κ3) is 4.10. The lowest BCUT2D eigenvalue weighted by Gasteiger charge is -2.34. The van der Waals surface area contributed by atoms with E-state index in [1.165, 1.54) is 25.9 Å². The molecule has 1 unspecified atom stereocenters. The Hall–Kier alpha value is -0.0800. The van der Waals surface area contributed by atoms with Crippen molar-refractivity contribution in [2.24, 2.45) is 5.92 Å². The first-order valence-corrected chi connectivity index (χ1v) is 5.46. The minimum atomic E-state index is -0.485. The van der Waals surface area contributed by atoms with E-state index in [0.717, 1.165) is 13.0 Å². The van der Waals surface area contributed by atoms with Crippen molar-refractivity contribution in [2.45, 2.75) is 45.6 Å². The molecule has 78 valence electrons. The molecule has 0 aromatic rings. The molecular formula is C11H23NO. The van der Waals surface area contributed by atoms with E-state index in [9.17, 15) is 5.11 Å². The summed E-state index contributed by atoms with van der Waals surface area (Å²) in [5, 5.41) is 9.71. The molecular weight excluding hydrogens is 162 g/mol. The van der Waals surface area contributed by atoms with Gasteiger partial charge in [-0.2, -0.15) is 0 Å². The third-order valence-corrected chi connectivity index (χ3v) is 2.84. The Kier molecular flexibility index (Phi) is 3.74. The molecule has 1 heterocycles. The van der Waals surface area contributed by atoms with Gasteiger partial charge < -0.3 is 10.0 Å². The molecule has 0 radical (unpaired) electrons. The van der Waals surface area contributed by atoms with E-state index >= 15 is 0 Å². The van der Waals surface area contributed by atoms with Gasteiger partial charge in [0.15, 0.2) is 0 Å². The van der Waals surface area contributed by atoms with E-state index in [4.69, 9.17) is 0 Å². The molecule has 0 spiro atoms. The first kappa shape index (κ1) is 11.0. The lowest BCUT2D eigenvalue weighted by molar-refractivity contribution is 0.0349. The summed E-state index contributed by atoms with van der Waals surface area (Å²) < 4.78 is 0. The number of rotatable bonds is 3. The number of hydrogen-bond acceptors (Lipinski definition) is 2. The van der Waals surface area contributed by atoms with E-state index in [0.29, 0.717) is 5.92 Å². The van der Waals surface area contributed by atoms with E-state index in [2.05, 4.69) is 11.8 Å². The molecule has 2 heteroatoms. The summed E-state index contributed by atoms with van der Waals surface area (Å²) in [6.07, 6.45) is 3.54. The Morgan fingerprint density at radius 1 is 1.46 bits per heavy atom. The SMILES string of the molecule is CCN1CCCC(CC(C)(C)O)C1. The van der Waals surface area contributed by atoms with Crippen molar-refractivity contribution in [3.63, 3.8) is 0 Å². The van der Waals surface area contributed by atoms with Gasteiger partial charge in [0, 0.05) is 6.54 Å². The van der Waals surface area contributed by atoms with Gasteiger partial charge in [0.25, 0.3) is 0 Å². The summed E-state index contributed by atoms with van der Waals surface area (Å²) in [5.74, 6) is 0.702. The van der Waals surface area contributed by atoms with Crippen LogP contribution in [0, 0.1) is 5.92 Å². The van der Waals surface area contributed by atoms with Crippen LogP contribution in [0.25, 0.3) is 0 Å². The van der Waals surface area contributed by atoms with Crippen LogP contribution in [0.15, 0.2) is 0 Å². The molecule has 0 aliphatic carbocycles. The molecule has 1 fully saturated rings. The maximum Gasteiger partial charge on any atom is 0.0594 e. The molecule has 0 bridgehead atoms. The molecule has 13 heavy (non-hydrogen) atoms. The predicted octanol–water partition coefficient (Wildman–Crippen LogP) is 1.88. The Morgan fingerprint density at radius 3 is 2.69 bits per heavy atom. The Balaban J connectivity index is 2.34. The Bertz CT molecular complexity index is 151. The number of hydrogen-bond donors (Lipinski definition) is 1. The van der Waals surface area contributed by atoms with Crippen LogP contribution in [0.2, 0.25) is 0 Å². The van der Waals surface area contributed by atoms with Crippen LogP contribution in [0.4, 0.5) is 0 Å². The summed E-state index contributed by atoms with van der Waals surface area (Å²) in [4.78, 5) is 2.49. The van der Waals surface area contributed by atoms with Gasteiger partial charge in [-0.05, 0) is 52.1 Å². The molecule has 0 aromatic heterocycles. The minimum absolute atomic E-state index is 0.485. The quantitative estimate of drug-likeness (QED) is 0.725. The molecule has 0 aromatic carbocycles. The van der Waals surface area contributed by atoms with Crippen molar-refractivity contribution in [1.82, 2.24) is 4.90 Å². The molecule has 1 N–H and O–H groups in total. The molecule has 0 amide bonds. The highest BCUT2D eigenvalue weighted by Gasteiger charge is 2.24. The molecule has 1 aliphatic rings. The summed E-state index contributed by atoms with van der Waals surface area (Å²) in [5.41, 5.74) is -0.485. The standard InChI is InChI=1S/C11H23NO/c1-4-12-7-5-6-10(9-12)8-11(2,3)13/h10,13H,4-9H2,1-3H3. The highest BCUT2D eigenvalue weighted by Crippen LogP contribution is 2.24. The van der Waals surface area contributed by atoms with Crippen LogP contribution in [-0.2, 0) is 0 Å². The summed E-state index contributed by atoms with van der Waals surface area (Å²) >= 11 is 0. The highest BCUT2D eigenvalue weighted by molar-refractivity contribution is 4.78. The van der Waals surface area contributed by atoms with Crippen LogP contribution in [-0.4, -0.2) is 35.2 Å². The van der Waals surface area contributed by atoms with Crippen LogP contribution in [0.5, 0.6) is 0 Å². The summed E-state index contributed by atoms with van der Waals surface area (Å²) in [6, 6.07) is 0. The number of aliphatic hydroxyl groups is 1. The molecule has 1 atom stereocenters.